The van der Waals surface area contributed by atoms with Gasteiger partial charge in [-0.2, -0.15) is 0 Å². The van der Waals surface area contributed by atoms with Crippen molar-refractivity contribution < 1.29 is 10.2 Å². The van der Waals surface area contributed by atoms with Gasteiger partial charge in [0.05, 0.1) is 5.48 Å². The maximum Gasteiger partial charge on any atom is 0.0567 e. The monoisotopic (exact) mass is 284 g/mol. The number of hydrogen-bond donors (Lipinski definition) is 0. The average molecular weight is 284 g/mol. The first-order chi connectivity index (χ1) is 11.8. The number of ether oxygens (including phenoxy) is 1. The van der Waals surface area contributed by atoms with E-state index < -0.39 is 13.1 Å². The second-order valence-electron chi connectivity index (χ2n) is 4.98. The number of rotatable bonds is 2. The van der Waals surface area contributed by atoms with Crippen molar-refractivity contribution in [2.75, 3.05) is 13.1 Å². The molecule has 0 spiro atoms. The molecule has 0 amide bonds. The molecule has 1 heteroatoms. The highest BCUT2D eigenvalue weighted by atomic mass is 16.5. The van der Waals surface area contributed by atoms with Gasteiger partial charge in [0, 0.05) is 13.1 Å². The molecule has 0 saturated carbocycles. The standard InChI is InChI=1S/C13H16O.C7H8/c1-2-4-12(5-3-1)6-7-13-8-10-14-11-9-13;1-7-5-3-2-4-6-7/h1-7,13H,8-11H2;2-6H,1H3/b7-6+;/i10D2,11D2;. The van der Waals surface area contributed by atoms with Gasteiger partial charge in [-0.1, -0.05) is 78.4 Å². The van der Waals surface area contributed by atoms with Crippen LogP contribution in [0, 0.1) is 12.8 Å². The Morgan fingerprint density at radius 1 is 0.952 bits per heavy atom. The van der Waals surface area contributed by atoms with Gasteiger partial charge in [0.15, 0.2) is 0 Å². The summed E-state index contributed by atoms with van der Waals surface area (Å²) in [6.07, 6.45) is 4.15. The van der Waals surface area contributed by atoms with E-state index in [0.717, 1.165) is 5.56 Å². The molecule has 1 saturated heterocycles. The van der Waals surface area contributed by atoms with E-state index in [1.165, 1.54) is 5.56 Å². The molecule has 2 aromatic carbocycles. The van der Waals surface area contributed by atoms with E-state index in [4.69, 9.17) is 10.2 Å². The van der Waals surface area contributed by atoms with Gasteiger partial charge >= 0.3 is 0 Å². The minimum Gasteiger partial charge on any atom is -0.381 e. The predicted molar refractivity (Wildman–Crippen MR) is 90.2 cm³/mol. The van der Waals surface area contributed by atoms with Crippen molar-refractivity contribution in [1.82, 2.24) is 0 Å². The molecule has 0 atom stereocenters. The number of hydrogen-bond acceptors (Lipinski definition) is 1. The lowest BCUT2D eigenvalue weighted by molar-refractivity contribution is 0.0787. The quantitative estimate of drug-likeness (QED) is 0.743. The van der Waals surface area contributed by atoms with Crippen LogP contribution in [0.25, 0.3) is 6.08 Å². The molecule has 0 aliphatic carbocycles. The molecule has 0 N–H and O–H groups in total. The Hall–Kier alpha value is -1.86. The van der Waals surface area contributed by atoms with Crippen LogP contribution in [0.1, 0.15) is 29.5 Å². The van der Waals surface area contributed by atoms with Crippen LogP contribution in [-0.2, 0) is 4.74 Å². The normalized spacial score (nSPS) is 23.1. The zero-order valence-electron chi connectivity index (χ0n) is 16.3. The summed E-state index contributed by atoms with van der Waals surface area (Å²) in [4.78, 5) is 0. The fourth-order valence-corrected chi connectivity index (χ4v) is 1.90. The van der Waals surface area contributed by atoms with Crippen molar-refractivity contribution in [3.63, 3.8) is 0 Å². The Bertz CT molecular complexity index is 653. The van der Waals surface area contributed by atoms with Gasteiger partial charge in [-0.25, -0.2) is 0 Å². The molecule has 1 heterocycles. The third-order valence-corrected chi connectivity index (χ3v) is 3.14. The lowest BCUT2D eigenvalue weighted by atomic mass is 9.99. The Labute approximate surface area is 133 Å². The van der Waals surface area contributed by atoms with Crippen molar-refractivity contribution in [3.05, 3.63) is 77.9 Å². The summed E-state index contributed by atoms with van der Waals surface area (Å²) >= 11 is 0. The minimum absolute atomic E-state index is 0.149. The van der Waals surface area contributed by atoms with Crippen molar-refractivity contribution in [2.24, 2.45) is 5.92 Å². The summed E-state index contributed by atoms with van der Waals surface area (Å²) in [7, 11) is 0. The van der Waals surface area contributed by atoms with Crippen molar-refractivity contribution in [1.29, 1.82) is 0 Å². The van der Waals surface area contributed by atoms with E-state index >= 15 is 0 Å². The maximum atomic E-state index is 7.57. The molecule has 0 bridgehead atoms. The van der Waals surface area contributed by atoms with Crippen molar-refractivity contribution in [3.8, 4) is 0 Å². The predicted octanol–water partition coefficient (Wildman–Crippen LogP) is 5.12. The van der Waals surface area contributed by atoms with E-state index in [-0.39, 0.29) is 18.8 Å². The fourth-order valence-electron chi connectivity index (χ4n) is 1.90. The zero-order chi connectivity index (χ0) is 18.3. The van der Waals surface area contributed by atoms with Gasteiger partial charge in [-0.15, -0.1) is 0 Å². The molecule has 2 aromatic rings. The first-order valence-corrected chi connectivity index (χ1v) is 7.21. The molecule has 0 unspecified atom stereocenters. The summed E-state index contributed by atoms with van der Waals surface area (Å²) in [6.45, 7) is -1.71. The van der Waals surface area contributed by atoms with Crippen LogP contribution >= 0.6 is 0 Å². The second-order valence-corrected chi connectivity index (χ2v) is 4.98. The molecule has 1 aliphatic heterocycles. The Balaban J connectivity index is 0.000000269. The van der Waals surface area contributed by atoms with Gasteiger partial charge in [0.25, 0.3) is 0 Å². The Kier molecular flexibility index (Phi) is 4.71. The van der Waals surface area contributed by atoms with Gasteiger partial charge in [0.2, 0.25) is 0 Å². The van der Waals surface area contributed by atoms with E-state index in [1.807, 2.05) is 60.7 Å². The van der Waals surface area contributed by atoms with E-state index in [1.54, 1.807) is 0 Å². The van der Waals surface area contributed by atoms with Crippen molar-refractivity contribution in [2.45, 2.75) is 19.8 Å². The third-order valence-electron chi connectivity index (χ3n) is 3.14. The number of aryl methyl sites for hydroxylation is 1. The van der Waals surface area contributed by atoms with Gasteiger partial charge in [-0.05, 0) is 31.2 Å². The van der Waals surface area contributed by atoms with Crippen LogP contribution < -0.4 is 0 Å². The average Bonchev–Trinajstić information content (AvgIpc) is 2.52. The summed E-state index contributed by atoms with van der Waals surface area (Å²) in [5.41, 5.74) is 2.35. The smallest absolute Gasteiger partial charge is 0.0567 e. The molecule has 0 aromatic heterocycles. The lowest BCUT2D eigenvalue weighted by Gasteiger charge is -2.18. The summed E-state index contributed by atoms with van der Waals surface area (Å²) in [5.74, 6) is -0.149. The van der Waals surface area contributed by atoms with E-state index in [9.17, 15) is 0 Å². The highest BCUT2D eigenvalue weighted by Gasteiger charge is 2.09. The van der Waals surface area contributed by atoms with Crippen LogP contribution in [0.4, 0.5) is 0 Å². The van der Waals surface area contributed by atoms with Crippen LogP contribution in [-0.4, -0.2) is 13.1 Å². The van der Waals surface area contributed by atoms with Gasteiger partial charge in [-0.3, -0.25) is 0 Å². The Morgan fingerprint density at radius 3 is 2.05 bits per heavy atom. The molecule has 3 rings (SSSR count). The number of benzene rings is 2. The molecular formula is C20H24O. The SMILES string of the molecule is Cc1ccccc1.[2H]C1([2H])CC(/C=C/c2ccccc2)CC([2H])([2H])O1. The molecular weight excluding hydrogens is 256 g/mol. The largest absolute Gasteiger partial charge is 0.381 e. The minimum atomic E-state index is -1.90. The summed E-state index contributed by atoms with van der Waals surface area (Å²) in [6, 6.07) is 20.0. The van der Waals surface area contributed by atoms with E-state index in [2.05, 4.69) is 19.1 Å². The topological polar surface area (TPSA) is 9.23 Å². The van der Waals surface area contributed by atoms with Gasteiger partial charge < -0.3 is 4.74 Å². The first-order valence-electron chi connectivity index (χ1n) is 9.21. The van der Waals surface area contributed by atoms with Crippen LogP contribution in [0.5, 0.6) is 0 Å². The molecule has 110 valence electrons. The Morgan fingerprint density at radius 2 is 1.52 bits per heavy atom. The van der Waals surface area contributed by atoms with Crippen LogP contribution in [0.2, 0.25) is 0 Å². The zero-order valence-corrected chi connectivity index (χ0v) is 12.3. The molecule has 1 aliphatic rings. The molecule has 0 radical (unpaired) electrons. The second kappa shape index (κ2) is 9.15. The number of allylic oxidation sites excluding steroid dienone is 1. The van der Waals surface area contributed by atoms with E-state index in [0.29, 0.717) is 0 Å². The maximum absolute atomic E-state index is 7.57. The highest BCUT2D eigenvalue weighted by molar-refractivity contribution is 5.48. The fraction of sp³-hybridized carbons (Fsp3) is 0.300. The summed E-state index contributed by atoms with van der Waals surface area (Å²) < 4.78 is 35.0. The molecule has 1 nitrogen and oxygen atoms in total. The summed E-state index contributed by atoms with van der Waals surface area (Å²) in [5, 5.41) is 0. The molecule has 21 heavy (non-hydrogen) atoms. The first kappa shape index (κ1) is 10.8. The van der Waals surface area contributed by atoms with Crippen LogP contribution in [0.3, 0.4) is 0 Å². The third kappa shape index (κ3) is 6.42. The lowest BCUT2D eigenvalue weighted by Crippen LogP contribution is -2.13. The van der Waals surface area contributed by atoms with Crippen LogP contribution in [0.15, 0.2) is 66.7 Å². The van der Waals surface area contributed by atoms with Crippen molar-refractivity contribution >= 4 is 6.08 Å². The molecule has 1 fully saturated rings. The highest BCUT2D eigenvalue weighted by Crippen LogP contribution is 2.17. The van der Waals surface area contributed by atoms with Gasteiger partial charge in [0.1, 0.15) is 0 Å².